The van der Waals surface area contributed by atoms with E-state index >= 15 is 0 Å². The maximum absolute atomic E-state index is 5.94. The summed E-state index contributed by atoms with van der Waals surface area (Å²) in [5.74, 6) is 0.856. The van der Waals surface area contributed by atoms with E-state index in [0.717, 1.165) is 16.8 Å². The highest BCUT2D eigenvalue weighted by molar-refractivity contribution is 9.11. The van der Waals surface area contributed by atoms with Crippen LogP contribution in [0.25, 0.3) is 0 Å². The first-order chi connectivity index (χ1) is 8.17. The highest BCUT2D eigenvalue weighted by Gasteiger charge is 2.08. The summed E-state index contributed by atoms with van der Waals surface area (Å²) in [6.07, 6.45) is 3.75. The lowest BCUT2D eigenvalue weighted by Gasteiger charge is -2.25. The summed E-state index contributed by atoms with van der Waals surface area (Å²) in [7, 11) is 1.66. The maximum atomic E-state index is 5.94. The Balaban J connectivity index is 2.04. The second-order valence-corrected chi connectivity index (χ2v) is 4.92. The maximum Gasteiger partial charge on any atom is 0.122 e. The number of nitrogens with one attached hydrogen (secondary N) is 1. The van der Waals surface area contributed by atoms with E-state index in [1.807, 2.05) is 41.6 Å². The predicted octanol–water partition coefficient (Wildman–Crippen LogP) is 3.33. The van der Waals surface area contributed by atoms with Crippen LogP contribution in [0.4, 0.5) is 0 Å². The van der Waals surface area contributed by atoms with Crippen LogP contribution in [0.3, 0.4) is 0 Å². The molecule has 90 valence electrons. The number of ether oxygens (including phenoxy) is 1. The summed E-state index contributed by atoms with van der Waals surface area (Å²) < 4.78 is 6.05. The molecule has 0 fully saturated rings. The largest absolute Gasteiger partial charge is 0.497 e. The zero-order valence-electron chi connectivity index (χ0n) is 9.28. The highest BCUT2D eigenvalue weighted by Crippen LogP contribution is 2.19. The van der Waals surface area contributed by atoms with Gasteiger partial charge in [-0.2, -0.15) is 0 Å². The molecule has 3 nitrogen and oxygen atoms in total. The van der Waals surface area contributed by atoms with Crippen molar-refractivity contribution in [1.82, 2.24) is 10.4 Å². The minimum atomic E-state index is 0.591. The van der Waals surface area contributed by atoms with Crippen LogP contribution in [0, 0.1) is 0 Å². The number of methoxy groups -OCH3 is 1. The molecule has 0 bridgehead atoms. The van der Waals surface area contributed by atoms with Crippen LogP contribution in [0.15, 0.2) is 46.2 Å². The van der Waals surface area contributed by atoms with Gasteiger partial charge in [-0.15, -0.1) is 0 Å². The van der Waals surface area contributed by atoms with Crippen LogP contribution < -0.4 is 10.2 Å². The Morgan fingerprint density at radius 1 is 1.35 bits per heavy atom. The van der Waals surface area contributed by atoms with E-state index in [4.69, 9.17) is 16.3 Å². The lowest BCUT2D eigenvalue weighted by atomic mass is 10.2. The number of allylic oxidation sites excluding steroid dienone is 2. The molecule has 1 aromatic rings. The molecule has 1 aliphatic rings. The number of rotatable bonds is 3. The third-order valence-electron chi connectivity index (χ3n) is 2.31. The fourth-order valence-corrected chi connectivity index (χ4v) is 2.36. The summed E-state index contributed by atoms with van der Waals surface area (Å²) in [4.78, 5) is 0. The minimum absolute atomic E-state index is 0.591. The second-order valence-electron chi connectivity index (χ2n) is 3.59. The Morgan fingerprint density at radius 3 is 2.65 bits per heavy atom. The van der Waals surface area contributed by atoms with Crippen molar-refractivity contribution in [1.29, 1.82) is 0 Å². The third kappa shape index (κ3) is 3.41. The van der Waals surface area contributed by atoms with Crippen molar-refractivity contribution in [2.45, 2.75) is 6.54 Å². The van der Waals surface area contributed by atoms with Gasteiger partial charge >= 0.3 is 0 Å². The van der Waals surface area contributed by atoms with E-state index < -0.39 is 0 Å². The van der Waals surface area contributed by atoms with Crippen molar-refractivity contribution in [3.63, 3.8) is 0 Å². The second kappa shape index (κ2) is 5.47. The number of hydrogen-bond donors (Lipinski definition) is 1. The average molecular weight is 316 g/mol. The van der Waals surface area contributed by atoms with E-state index in [0.29, 0.717) is 5.16 Å². The van der Waals surface area contributed by atoms with E-state index in [-0.39, 0.29) is 0 Å². The SMILES string of the molecule is COc1ccc(CN2C=C(Br)C=C(Cl)N2)cc1. The first kappa shape index (κ1) is 12.3. The zero-order valence-corrected chi connectivity index (χ0v) is 11.6. The van der Waals surface area contributed by atoms with Gasteiger partial charge in [0, 0.05) is 10.7 Å². The molecule has 0 unspecified atom stereocenters. The molecule has 1 N–H and O–H groups in total. The molecular weight excluding hydrogens is 304 g/mol. The Kier molecular flexibility index (Phi) is 3.97. The lowest BCUT2D eigenvalue weighted by molar-refractivity contribution is 0.298. The first-order valence-electron chi connectivity index (χ1n) is 5.08. The van der Waals surface area contributed by atoms with E-state index in [1.165, 1.54) is 5.56 Å². The van der Waals surface area contributed by atoms with Gasteiger partial charge in [0.1, 0.15) is 10.9 Å². The van der Waals surface area contributed by atoms with Gasteiger partial charge in [0.15, 0.2) is 0 Å². The van der Waals surface area contributed by atoms with Crippen molar-refractivity contribution in [3.05, 3.63) is 51.7 Å². The number of nitrogens with zero attached hydrogens (tertiary/aromatic N) is 1. The summed E-state index contributed by atoms with van der Waals surface area (Å²) in [5, 5.41) is 2.50. The highest BCUT2D eigenvalue weighted by atomic mass is 79.9. The van der Waals surface area contributed by atoms with Crippen molar-refractivity contribution in [2.24, 2.45) is 0 Å². The van der Waals surface area contributed by atoms with Crippen LogP contribution in [-0.2, 0) is 6.54 Å². The number of benzene rings is 1. The fraction of sp³-hybridized carbons (Fsp3) is 0.167. The Bertz CT molecular complexity index is 456. The minimum Gasteiger partial charge on any atom is -0.497 e. The van der Waals surface area contributed by atoms with Crippen LogP contribution in [-0.4, -0.2) is 12.1 Å². The molecule has 1 aromatic carbocycles. The van der Waals surface area contributed by atoms with Gasteiger partial charge in [0.05, 0.1) is 13.7 Å². The van der Waals surface area contributed by atoms with Crippen molar-refractivity contribution < 1.29 is 4.74 Å². The molecule has 0 aromatic heterocycles. The Morgan fingerprint density at radius 2 is 2.06 bits per heavy atom. The van der Waals surface area contributed by atoms with Gasteiger partial charge in [0.2, 0.25) is 0 Å². The average Bonchev–Trinajstić information content (AvgIpc) is 2.28. The molecule has 2 rings (SSSR count). The van der Waals surface area contributed by atoms with E-state index in [1.54, 1.807) is 7.11 Å². The van der Waals surface area contributed by atoms with Crippen LogP contribution >= 0.6 is 27.5 Å². The molecule has 0 radical (unpaired) electrons. The fourth-order valence-electron chi connectivity index (χ4n) is 1.52. The summed E-state index contributed by atoms with van der Waals surface area (Å²) in [6, 6.07) is 7.92. The first-order valence-corrected chi connectivity index (χ1v) is 6.25. The molecule has 1 aliphatic heterocycles. The van der Waals surface area contributed by atoms with Crippen LogP contribution in [0.1, 0.15) is 5.56 Å². The topological polar surface area (TPSA) is 24.5 Å². The molecule has 0 atom stereocenters. The van der Waals surface area contributed by atoms with Gasteiger partial charge in [-0.05, 0) is 39.7 Å². The summed E-state index contributed by atoms with van der Waals surface area (Å²) in [6.45, 7) is 0.725. The molecule has 0 aliphatic carbocycles. The lowest BCUT2D eigenvalue weighted by Crippen LogP contribution is -2.32. The van der Waals surface area contributed by atoms with Crippen molar-refractivity contribution in [2.75, 3.05) is 7.11 Å². The van der Waals surface area contributed by atoms with E-state index in [9.17, 15) is 0 Å². The molecule has 0 amide bonds. The quantitative estimate of drug-likeness (QED) is 0.866. The third-order valence-corrected chi connectivity index (χ3v) is 2.93. The molecular formula is C12H12BrClN2O. The molecule has 5 heteroatoms. The van der Waals surface area contributed by atoms with Gasteiger partial charge in [-0.1, -0.05) is 23.7 Å². The molecule has 1 heterocycles. The predicted molar refractivity (Wildman–Crippen MR) is 72.6 cm³/mol. The standard InChI is InChI=1S/C12H12BrClN2O/c1-17-11-4-2-9(3-5-11)7-16-8-10(13)6-12(14)15-16/h2-6,8,15H,7H2,1H3. The summed E-state index contributed by atoms with van der Waals surface area (Å²) >= 11 is 9.34. The zero-order chi connectivity index (χ0) is 12.3. The molecule has 0 spiro atoms. The van der Waals surface area contributed by atoms with Gasteiger partial charge in [-0.25, -0.2) is 0 Å². The van der Waals surface area contributed by atoms with Gasteiger partial charge < -0.3 is 4.74 Å². The number of hydrazine groups is 1. The van der Waals surface area contributed by atoms with Crippen molar-refractivity contribution in [3.8, 4) is 5.75 Å². The number of halogens is 2. The van der Waals surface area contributed by atoms with Crippen LogP contribution in [0.2, 0.25) is 0 Å². The van der Waals surface area contributed by atoms with Crippen LogP contribution in [0.5, 0.6) is 5.75 Å². The Labute approximate surface area is 114 Å². The number of hydrogen-bond acceptors (Lipinski definition) is 3. The monoisotopic (exact) mass is 314 g/mol. The van der Waals surface area contributed by atoms with Gasteiger partial charge in [-0.3, -0.25) is 10.4 Å². The molecule has 0 saturated carbocycles. The summed E-state index contributed by atoms with van der Waals surface area (Å²) in [5.41, 5.74) is 4.21. The van der Waals surface area contributed by atoms with Gasteiger partial charge in [0.25, 0.3) is 0 Å². The Hall–Kier alpha value is -1.13. The van der Waals surface area contributed by atoms with E-state index in [2.05, 4.69) is 21.4 Å². The molecule has 0 saturated heterocycles. The molecule has 17 heavy (non-hydrogen) atoms. The smallest absolute Gasteiger partial charge is 0.122 e. The normalized spacial score (nSPS) is 14.9. The van der Waals surface area contributed by atoms with Crippen molar-refractivity contribution >= 4 is 27.5 Å².